The number of carbonyl (C=O) groups excluding carboxylic acids is 1. The first-order valence-corrected chi connectivity index (χ1v) is 12.5. The molecule has 0 saturated carbocycles. The number of hydrogen-bond acceptors (Lipinski definition) is 2. The summed E-state index contributed by atoms with van der Waals surface area (Å²) in [6, 6.07) is 50.4. The number of benzene rings is 5. The second-order valence-electron chi connectivity index (χ2n) is 8.98. The molecule has 0 fully saturated rings. The number of rotatable bonds is 9. The van der Waals surface area contributed by atoms with Crippen LogP contribution in [-0.2, 0) is 10.3 Å². The normalized spacial score (nSPS) is 12.3. The SMILES string of the molecule is O=C(C=Cc1ccccc1)C(NC(c1ccccc1)(c1ccccc1)c1ccccc1)c1ccccc1. The first-order chi connectivity index (χ1) is 18.3. The van der Waals surface area contributed by atoms with Crippen molar-refractivity contribution in [3.63, 3.8) is 0 Å². The third-order valence-corrected chi connectivity index (χ3v) is 6.64. The lowest BCUT2D eigenvalue weighted by Crippen LogP contribution is -2.48. The van der Waals surface area contributed by atoms with Crippen LogP contribution >= 0.6 is 0 Å². The van der Waals surface area contributed by atoms with Crippen molar-refractivity contribution in [3.8, 4) is 0 Å². The third-order valence-electron chi connectivity index (χ3n) is 6.64. The molecule has 1 N–H and O–H groups in total. The van der Waals surface area contributed by atoms with E-state index in [2.05, 4.69) is 41.7 Å². The van der Waals surface area contributed by atoms with Gasteiger partial charge in [0.15, 0.2) is 5.78 Å². The van der Waals surface area contributed by atoms with Gasteiger partial charge in [-0.25, -0.2) is 0 Å². The molecule has 5 aromatic carbocycles. The molecule has 5 rings (SSSR count). The Hall–Kier alpha value is -4.53. The molecule has 1 atom stereocenters. The van der Waals surface area contributed by atoms with Gasteiger partial charge in [0.2, 0.25) is 0 Å². The number of nitrogens with one attached hydrogen (secondary N) is 1. The highest BCUT2D eigenvalue weighted by molar-refractivity contribution is 5.98. The highest BCUT2D eigenvalue weighted by atomic mass is 16.1. The Kier molecular flexibility index (Phi) is 7.50. The first kappa shape index (κ1) is 24.2. The van der Waals surface area contributed by atoms with Crippen molar-refractivity contribution in [2.75, 3.05) is 0 Å². The Morgan fingerprint density at radius 1 is 0.541 bits per heavy atom. The second-order valence-corrected chi connectivity index (χ2v) is 8.98. The molecule has 5 aromatic rings. The number of carbonyl (C=O) groups is 1. The maximum absolute atomic E-state index is 13.9. The molecule has 1 unspecified atom stereocenters. The predicted molar refractivity (Wildman–Crippen MR) is 152 cm³/mol. The van der Waals surface area contributed by atoms with Gasteiger partial charge in [-0.2, -0.15) is 0 Å². The van der Waals surface area contributed by atoms with Crippen LogP contribution in [0.1, 0.15) is 33.9 Å². The molecule has 0 saturated heterocycles. The lowest BCUT2D eigenvalue weighted by molar-refractivity contribution is -0.117. The molecule has 2 heteroatoms. The van der Waals surface area contributed by atoms with Gasteiger partial charge in [-0.3, -0.25) is 10.1 Å². The summed E-state index contributed by atoms with van der Waals surface area (Å²) in [5, 5.41) is 3.87. The van der Waals surface area contributed by atoms with Gasteiger partial charge in [-0.05, 0) is 33.9 Å². The molecule has 0 aromatic heterocycles. The van der Waals surface area contributed by atoms with Crippen LogP contribution in [0.3, 0.4) is 0 Å². The average Bonchev–Trinajstić information content (AvgIpc) is 2.99. The average molecular weight is 480 g/mol. The molecular weight excluding hydrogens is 450 g/mol. The zero-order valence-corrected chi connectivity index (χ0v) is 20.6. The highest BCUT2D eigenvalue weighted by Gasteiger charge is 2.39. The van der Waals surface area contributed by atoms with Crippen molar-refractivity contribution >= 4 is 11.9 Å². The Morgan fingerprint density at radius 3 is 1.35 bits per heavy atom. The smallest absolute Gasteiger partial charge is 0.177 e. The minimum Gasteiger partial charge on any atom is -0.293 e. The van der Waals surface area contributed by atoms with Gasteiger partial charge in [0.05, 0.1) is 11.6 Å². The highest BCUT2D eigenvalue weighted by Crippen LogP contribution is 2.39. The van der Waals surface area contributed by atoms with Crippen LogP contribution in [0.4, 0.5) is 0 Å². The van der Waals surface area contributed by atoms with E-state index in [0.29, 0.717) is 0 Å². The fraction of sp³-hybridized carbons (Fsp3) is 0.0571. The van der Waals surface area contributed by atoms with Gasteiger partial charge in [-0.15, -0.1) is 0 Å². The minimum atomic E-state index is -0.763. The van der Waals surface area contributed by atoms with Crippen LogP contribution < -0.4 is 5.32 Å². The van der Waals surface area contributed by atoms with Gasteiger partial charge in [0, 0.05) is 0 Å². The number of hydrogen-bond donors (Lipinski definition) is 1. The Labute approximate surface area is 219 Å². The van der Waals surface area contributed by atoms with E-state index in [1.807, 2.05) is 121 Å². The molecule has 0 aliphatic heterocycles. The van der Waals surface area contributed by atoms with Crippen LogP contribution in [0.15, 0.2) is 158 Å². The first-order valence-electron chi connectivity index (χ1n) is 12.5. The Balaban J connectivity index is 1.69. The van der Waals surface area contributed by atoms with Crippen molar-refractivity contribution in [3.05, 3.63) is 186 Å². The molecule has 0 radical (unpaired) electrons. The van der Waals surface area contributed by atoms with Crippen molar-refractivity contribution in [1.29, 1.82) is 0 Å². The van der Waals surface area contributed by atoms with E-state index in [0.717, 1.165) is 27.8 Å². The molecule has 180 valence electrons. The zero-order chi connectivity index (χ0) is 25.3. The van der Waals surface area contributed by atoms with Gasteiger partial charge >= 0.3 is 0 Å². The summed E-state index contributed by atoms with van der Waals surface area (Å²) in [5.74, 6) is -0.0118. The molecular formula is C35H29NO. The van der Waals surface area contributed by atoms with Crippen LogP contribution in [0.25, 0.3) is 6.08 Å². The van der Waals surface area contributed by atoms with Gasteiger partial charge in [0.25, 0.3) is 0 Å². The monoisotopic (exact) mass is 479 g/mol. The molecule has 0 aliphatic rings. The summed E-state index contributed by atoms with van der Waals surface area (Å²) in [7, 11) is 0. The van der Waals surface area contributed by atoms with Gasteiger partial charge < -0.3 is 0 Å². The standard InChI is InChI=1S/C35H29NO/c37-33(27-26-28-16-6-1-7-17-28)34(29-18-8-2-9-19-29)36-35(30-20-10-3-11-21-30,31-22-12-4-13-23-31)32-24-14-5-15-25-32/h1-27,34,36H. The molecule has 0 spiro atoms. The molecule has 0 aliphatic carbocycles. The molecule has 0 amide bonds. The molecule has 0 heterocycles. The molecule has 37 heavy (non-hydrogen) atoms. The van der Waals surface area contributed by atoms with E-state index in [1.54, 1.807) is 6.08 Å². The van der Waals surface area contributed by atoms with Crippen molar-refractivity contribution in [1.82, 2.24) is 5.32 Å². The minimum absolute atomic E-state index is 0.0118. The fourth-order valence-corrected chi connectivity index (χ4v) is 4.83. The zero-order valence-electron chi connectivity index (χ0n) is 20.6. The number of ketones is 1. The predicted octanol–water partition coefficient (Wildman–Crippen LogP) is 7.59. The lowest BCUT2D eigenvalue weighted by Gasteiger charge is -2.40. The summed E-state index contributed by atoms with van der Waals surface area (Å²) in [6.45, 7) is 0. The Bertz CT molecular complexity index is 1330. The van der Waals surface area contributed by atoms with E-state index < -0.39 is 11.6 Å². The van der Waals surface area contributed by atoms with Crippen LogP contribution in [0.5, 0.6) is 0 Å². The van der Waals surface area contributed by atoms with E-state index in [9.17, 15) is 4.79 Å². The maximum atomic E-state index is 13.9. The topological polar surface area (TPSA) is 29.1 Å². The third kappa shape index (κ3) is 5.35. The van der Waals surface area contributed by atoms with E-state index >= 15 is 0 Å². The second kappa shape index (κ2) is 11.5. The summed E-state index contributed by atoms with van der Waals surface area (Å²) >= 11 is 0. The summed E-state index contributed by atoms with van der Waals surface area (Å²) < 4.78 is 0. The maximum Gasteiger partial charge on any atom is 0.177 e. The van der Waals surface area contributed by atoms with Crippen LogP contribution in [0, 0.1) is 0 Å². The van der Waals surface area contributed by atoms with E-state index in [4.69, 9.17) is 0 Å². The van der Waals surface area contributed by atoms with Crippen molar-refractivity contribution in [2.45, 2.75) is 11.6 Å². The fourth-order valence-electron chi connectivity index (χ4n) is 4.83. The quantitative estimate of drug-likeness (QED) is 0.174. The van der Waals surface area contributed by atoms with Gasteiger partial charge in [0.1, 0.15) is 0 Å². The molecule has 0 bridgehead atoms. The summed E-state index contributed by atoms with van der Waals surface area (Å²) in [5.41, 5.74) is 4.33. The van der Waals surface area contributed by atoms with E-state index in [-0.39, 0.29) is 5.78 Å². The largest absolute Gasteiger partial charge is 0.293 e. The van der Waals surface area contributed by atoms with Crippen LogP contribution in [-0.4, -0.2) is 5.78 Å². The van der Waals surface area contributed by atoms with Crippen molar-refractivity contribution in [2.24, 2.45) is 0 Å². The summed E-state index contributed by atoms with van der Waals surface area (Å²) in [4.78, 5) is 13.9. The lowest BCUT2D eigenvalue weighted by atomic mass is 9.76. The Morgan fingerprint density at radius 2 is 0.919 bits per heavy atom. The van der Waals surface area contributed by atoms with E-state index in [1.165, 1.54) is 0 Å². The molecule has 2 nitrogen and oxygen atoms in total. The van der Waals surface area contributed by atoms with Gasteiger partial charge in [-0.1, -0.05) is 158 Å². The van der Waals surface area contributed by atoms with Crippen LogP contribution in [0.2, 0.25) is 0 Å². The van der Waals surface area contributed by atoms with Crippen molar-refractivity contribution < 1.29 is 4.79 Å². The summed E-state index contributed by atoms with van der Waals surface area (Å²) in [6.07, 6.45) is 3.57.